The lowest BCUT2D eigenvalue weighted by Gasteiger charge is -2.18. The van der Waals surface area contributed by atoms with Gasteiger partial charge in [-0.05, 0) is 86.8 Å². The Morgan fingerprint density at radius 2 is 1.54 bits per heavy atom. The van der Waals surface area contributed by atoms with Crippen LogP contribution in [0.15, 0.2) is 66.7 Å². The maximum atomic E-state index is 12.5. The number of para-hydroxylation sites is 1. The molecule has 0 aliphatic heterocycles. The van der Waals surface area contributed by atoms with Crippen LogP contribution in [0.2, 0.25) is 0 Å². The van der Waals surface area contributed by atoms with Gasteiger partial charge < -0.3 is 14.8 Å². The highest BCUT2D eigenvalue weighted by Crippen LogP contribution is 2.25. The minimum absolute atomic E-state index is 0.199. The molecule has 1 unspecified atom stereocenters. The first-order valence-corrected chi connectivity index (χ1v) is 9.30. The zero-order chi connectivity index (χ0) is 20.1. The number of rotatable bonds is 6. The van der Waals surface area contributed by atoms with Gasteiger partial charge in [0.15, 0.2) is 6.10 Å². The topological polar surface area (TPSA) is 47.6 Å². The number of amides is 1. The van der Waals surface area contributed by atoms with E-state index in [0.717, 1.165) is 28.2 Å². The molecule has 0 heterocycles. The van der Waals surface area contributed by atoms with E-state index in [1.165, 1.54) is 0 Å². The summed E-state index contributed by atoms with van der Waals surface area (Å²) in [5, 5.41) is 2.88. The normalized spacial score (nSPS) is 11.6. The molecule has 0 bridgehead atoms. The molecule has 1 atom stereocenters. The van der Waals surface area contributed by atoms with Crippen LogP contribution < -0.4 is 14.8 Å². The zero-order valence-electron chi connectivity index (χ0n) is 16.7. The van der Waals surface area contributed by atoms with Crippen LogP contribution in [-0.2, 0) is 4.79 Å². The van der Waals surface area contributed by atoms with Crippen LogP contribution in [0.4, 0.5) is 5.69 Å². The summed E-state index contributed by atoms with van der Waals surface area (Å²) >= 11 is 0. The first kappa shape index (κ1) is 19.5. The quantitative estimate of drug-likeness (QED) is 0.591. The molecule has 0 radical (unpaired) electrons. The second-order valence-electron chi connectivity index (χ2n) is 6.89. The fourth-order valence-corrected chi connectivity index (χ4v) is 2.84. The molecule has 0 fully saturated rings. The van der Waals surface area contributed by atoms with Gasteiger partial charge in [0.05, 0.1) is 0 Å². The number of ether oxygens (including phenoxy) is 2. The summed E-state index contributed by atoms with van der Waals surface area (Å²) in [5.41, 5.74) is 4.00. The van der Waals surface area contributed by atoms with Gasteiger partial charge in [-0.3, -0.25) is 4.79 Å². The van der Waals surface area contributed by atoms with Crippen molar-refractivity contribution in [3.8, 4) is 17.2 Å². The van der Waals surface area contributed by atoms with Crippen LogP contribution in [0.1, 0.15) is 23.6 Å². The van der Waals surface area contributed by atoms with Gasteiger partial charge in [0.2, 0.25) is 0 Å². The Labute approximate surface area is 166 Å². The number of aryl methyl sites for hydroxylation is 2. The lowest BCUT2D eigenvalue weighted by Crippen LogP contribution is -2.30. The molecule has 4 heteroatoms. The van der Waals surface area contributed by atoms with E-state index in [1.54, 1.807) is 6.92 Å². The van der Waals surface area contributed by atoms with E-state index < -0.39 is 6.10 Å². The van der Waals surface area contributed by atoms with Gasteiger partial charge in [-0.1, -0.05) is 24.3 Å². The summed E-state index contributed by atoms with van der Waals surface area (Å²) in [4.78, 5) is 12.5. The molecule has 0 saturated heterocycles. The third kappa shape index (κ3) is 4.92. The highest BCUT2D eigenvalue weighted by atomic mass is 16.5. The summed E-state index contributed by atoms with van der Waals surface area (Å²) in [5.74, 6) is 2.02. The number of nitrogens with one attached hydrogen (secondary N) is 1. The smallest absolute Gasteiger partial charge is 0.265 e. The molecular weight excluding hydrogens is 350 g/mol. The van der Waals surface area contributed by atoms with Gasteiger partial charge in [-0.15, -0.1) is 0 Å². The maximum absolute atomic E-state index is 12.5. The summed E-state index contributed by atoms with van der Waals surface area (Å²) in [6.45, 7) is 7.81. The molecule has 1 N–H and O–H groups in total. The Morgan fingerprint density at radius 3 is 2.21 bits per heavy atom. The molecule has 144 valence electrons. The van der Waals surface area contributed by atoms with E-state index in [4.69, 9.17) is 9.47 Å². The molecule has 3 rings (SSSR count). The molecule has 3 aromatic carbocycles. The first-order chi connectivity index (χ1) is 13.4. The Bertz CT molecular complexity index is 950. The molecule has 1 amide bonds. The van der Waals surface area contributed by atoms with Crippen molar-refractivity contribution in [2.75, 3.05) is 5.32 Å². The van der Waals surface area contributed by atoms with E-state index in [-0.39, 0.29) is 5.91 Å². The summed E-state index contributed by atoms with van der Waals surface area (Å²) in [6, 6.07) is 20.9. The summed E-state index contributed by atoms with van der Waals surface area (Å²) in [7, 11) is 0. The van der Waals surface area contributed by atoms with Crippen molar-refractivity contribution in [2.45, 2.75) is 33.8 Å². The van der Waals surface area contributed by atoms with Crippen molar-refractivity contribution in [3.63, 3.8) is 0 Å². The maximum Gasteiger partial charge on any atom is 0.265 e. The number of hydrogen-bond acceptors (Lipinski definition) is 3. The third-order valence-electron chi connectivity index (χ3n) is 4.54. The van der Waals surface area contributed by atoms with Crippen molar-refractivity contribution in [3.05, 3.63) is 83.4 Å². The lowest BCUT2D eigenvalue weighted by atomic mass is 10.1. The Balaban J connectivity index is 1.61. The second-order valence-corrected chi connectivity index (χ2v) is 6.89. The monoisotopic (exact) mass is 375 g/mol. The van der Waals surface area contributed by atoms with Crippen molar-refractivity contribution >= 4 is 11.6 Å². The van der Waals surface area contributed by atoms with E-state index >= 15 is 0 Å². The predicted molar refractivity (Wildman–Crippen MR) is 112 cm³/mol. The van der Waals surface area contributed by atoms with Crippen LogP contribution in [0.5, 0.6) is 17.2 Å². The molecular formula is C24H25NO3. The molecule has 0 aliphatic carbocycles. The average molecular weight is 375 g/mol. The van der Waals surface area contributed by atoms with Gasteiger partial charge in [-0.2, -0.15) is 0 Å². The largest absolute Gasteiger partial charge is 0.481 e. The minimum Gasteiger partial charge on any atom is -0.481 e. The standard InChI is InChI=1S/C24H25NO3/c1-16-14-17(2)18(3)23(15-16)27-19(4)24(26)25-20-10-12-22(13-11-20)28-21-8-6-5-7-9-21/h5-15,19H,1-4H3,(H,25,26). The van der Waals surface area contributed by atoms with Gasteiger partial charge in [0.1, 0.15) is 17.2 Å². The number of benzene rings is 3. The fraction of sp³-hybridized carbons (Fsp3) is 0.208. The summed E-state index contributed by atoms with van der Waals surface area (Å²) in [6.07, 6.45) is -0.611. The predicted octanol–water partition coefficient (Wildman–Crippen LogP) is 5.81. The van der Waals surface area contributed by atoms with Crippen molar-refractivity contribution in [1.29, 1.82) is 0 Å². The second kappa shape index (κ2) is 8.61. The fourth-order valence-electron chi connectivity index (χ4n) is 2.84. The van der Waals surface area contributed by atoms with Crippen LogP contribution in [-0.4, -0.2) is 12.0 Å². The highest BCUT2D eigenvalue weighted by Gasteiger charge is 2.17. The molecule has 3 aromatic rings. The van der Waals surface area contributed by atoms with Crippen LogP contribution in [0, 0.1) is 20.8 Å². The Morgan fingerprint density at radius 1 is 0.893 bits per heavy atom. The molecule has 0 aromatic heterocycles. The number of hydrogen-bond donors (Lipinski definition) is 1. The molecule has 28 heavy (non-hydrogen) atoms. The number of carbonyl (C=O) groups excluding carboxylic acids is 1. The molecule has 0 spiro atoms. The molecule has 4 nitrogen and oxygen atoms in total. The van der Waals surface area contributed by atoms with Crippen molar-refractivity contribution in [2.24, 2.45) is 0 Å². The average Bonchev–Trinajstić information content (AvgIpc) is 2.68. The third-order valence-corrected chi connectivity index (χ3v) is 4.54. The lowest BCUT2D eigenvalue weighted by molar-refractivity contribution is -0.122. The van der Waals surface area contributed by atoms with E-state index in [1.807, 2.05) is 81.4 Å². The Hall–Kier alpha value is -3.27. The van der Waals surface area contributed by atoms with Crippen molar-refractivity contribution in [1.82, 2.24) is 0 Å². The van der Waals surface area contributed by atoms with Crippen LogP contribution in [0.25, 0.3) is 0 Å². The number of anilines is 1. The zero-order valence-corrected chi connectivity index (χ0v) is 16.7. The van der Waals surface area contributed by atoms with E-state index in [2.05, 4.69) is 11.4 Å². The van der Waals surface area contributed by atoms with Gasteiger partial charge in [0.25, 0.3) is 5.91 Å². The van der Waals surface area contributed by atoms with Gasteiger partial charge in [0, 0.05) is 5.69 Å². The van der Waals surface area contributed by atoms with Crippen LogP contribution in [0.3, 0.4) is 0 Å². The minimum atomic E-state index is -0.611. The summed E-state index contributed by atoms with van der Waals surface area (Å²) < 4.78 is 11.7. The van der Waals surface area contributed by atoms with E-state index in [0.29, 0.717) is 11.4 Å². The first-order valence-electron chi connectivity index (χ1n) is 9.30. The van der Waals surface area contributed by atoms with Gasteiger partial charge >= 0.3 is 0 Å². The van der Waals surface area contributed by atoms with Gasteiger partial charge in [-0.25, -0.2) is 0 Å². The highest BCUT2D eigenvalue weighted by molar-refractivity contribution is 5.94. The SMILES string of the molecule is Cc1cc(C)c(C)c(OC(C)C(=O)Nc2ccc(Oc3ccccc3)cc2)c1. The molecule has 0 aliphatic rings. The van der Waals surface area contributed by atoms with Crippen LogP contribution >= 0.6 is 0 Å². The van der Waals surface area contributed by atoms with Crippen molar-refractivity contribution < 1.29 is 14.3 Å². The molecule has 0 saturated carbocycles. The Kier molecular flexibility index (Phi) is 5.99. The number of carbonyl (C=O) groups is 1. The van der Waals surface area contributed by atoms with E-state index in [9.17, 15) is 4.79 Å².